The first-order valence-corrected chi connectivity index (χ1v) is 4.50. The third kappa shape index (κ3) is 1.74. The van der Waals surface area contributed by atoms with E-state index in [1.165, 1.54) is 12.8 Å². The number of hydrogen-bond acceptors (Lipinski definition) is 1. The Hall–Kier alpha value is -0.500. The third-order valence-corrected chi connectivity index (χ3v) is 2.29. The van der Waals surface area contributed by atoms with Gasteiger partial charge in [-0.3, -0.25) is 0 Å². The number of aromatic nitrogens is 2. The zero-order valence-corrected chi connectivity index (χ0v) is 7.06. The molecule has 0 bridgehead atoms. The highest BCUT2D eigenvalue weighted by molar-refractivity contribution is 6.16. The monoisotopic (exact) mass is 170 g/mol. The van der Waals surface area contributed by atoms with Gasteiger partial charge in [-0.1, -0.05) is 0 Å². The Balaban J connectivity index is 1.99. The normalized spacial score (nSPS) is 17.2. The van der Waals surface area contributed by atoms with Crippen LogP contribution in [0.3, 0.4) is 0 Å². The van der Waals surface area contributed by atoms with Gasteiger partial charge in [0, 0.05) is 18.3 Å². The standard InChI is InChI=1S/C8H11ClN2/c9-4-7-5-10-8(11-7)3-6-1-2-6/h5-6H,1-4H2,(H,10,11). The van der Waals surface area contributed by atoms with Crippen molar-refractivity contribution in [3.05, 3.63) is 17.7 Å². The highest BCUT2D eigenvalue weighted by atomic mass is 35.5. The molecule has 1 fully saturated rings. The molecule has 1 aromatic rings. The Labute approximate surface area is 71.0 Å². The molecule has 1 saturated carbocycles. The van der Waals surface area contributed by atoms with E-state index in [-0.39, 0.29) is 0 Å². The minimum atomic E-state index is 0.539. The van der Waals surface area contributed by atoms with E-state index in [4.69, 9.17) is 11.6 Å². The van der Waals surface area contributed by atoms with Gasteiger partial charge in [0.2, 0.25) is 0 Å². The predicted octanol–water partition coefficient (Wildman–Crippen LogP) is 2.10. The van der Waals surface area contributed by atoms with Gasteiger partial charge in [-0.2, -0.15) is 0 Å². The Morgan fingerprint density at radius 3 is 3.00 bits per heavy atom. The fourth-order valence-electron chi connectivity index (χ4n) is 1.17. The topological polar surface area (TPSA) is 28.7 Å². The molecule has 2 rings (SSSR count). The van der Waals surface area contributed by atoms with E-state index in [0.717, 1.165) is 23.9 Å². The van der Waals surface area contributed by atoms with E-state index in [2.05, 4.69) is 9.97 Å². The van der Waals surface area contributed by atoms with Crippen molar-refractivity contribution in [2.75, 3.05) is 0 Å². The number of halogens is 1. The average molecular weight is 171 g/mol. The van der Waals surface area contributed by atoms with Crippen molar-refractivity contribution in [1.29, 1.82) is 0 Å². The maximum absolute atomic E-state index is 5.62. The largest absolute Gasteiger partial charge is 0.345 e. The van der Waals surface area contributed by atoms with Crippen molar-refractivity contribution >= 4 is 11.6 Å². The van der Waals surface area contributed by atoms with Crippen molar-refractivity contribution in [2.24, 2.45) is 5.92 Å². The molecule has 0 unspecified atom stereocenters. The molecule has 60 valence electrons. The van der Waals surface area contributed by atoms with Gasteiger partial charge in [-0.25, -0.2) is 4.98 Å². The second-order valence-corrected chi connectivity index (χ2v) is 3.40. The summed E-state index contributed by atoms with van der Waals surface area (Å²) in [7, 11) is 0. The summed E-state index contributed by atoms with van der Waals surface area (Å²) in [6.07, 6.45) is 5.68. The summed E-state index contributed by atoms with van der Waals surface area (Å²) in [5.74, 6) is 2.53. The highest BCUT2D eigenvalue weighted by Crippen LogP contribution is 2.31. The second-order valence-electron chi connectivity index (χ2n) is 3.14. The quantitative estimate of drug-likeness (QED) is 0.692. The Bertz CT molecular complexity index is 240. The van der Waals surface area contributed by atoms with Crippen molar-refractivity contribution < 1.29 is 0 Å². The minimum Gasteiger partial charge on any atom is -0.345 e. The van der Waals surface area contributed by atoms with E-state index in [1.807, 2.05) is 6.20 Å². The summed E-state index contributed by atoms with van der Waals surface area (Å²) in [5, 5.41) is 0. The van der Waals surface area contributed by atoms with Gasteiger partial charge in [0.25, 0.3) is 0 Å². The molecule has 1 aromatic heterocycles. The zero-order chi connectivity index (χ0) is 7.68. The van der Waals surface area contributed by atoms with Crippen LogP contribution < -0.4 is 0 Å². The van der Waals surface area contributed by atoms with Gasteiger partial charge in [-0.05, 0) is 18.8 Å². The van der Waals surface area contributed by atoms with Gasteiger partial charge in [0.15, 0.2) is 0 Å². The van der Waals surface area contributed by atoms with Crippen LogP contribution in [0.1, 0.15) is 24.4 Å². The smallest absolute Gasteiger partial charge is 0.106 e. The van der Waals surface area contributed by atoms with Crippen LogP contribution >= 0.6 is 11.6 Å². The second kappa shape index (κ2) is 2.86. The molecule has 0 atom stereocenters. The zero-order valence-electron chi connectivity index (χ0n) is 6.31. The summed E-state index contributed by atoms with van der Waals surface area (Å²) >= 11 is 5.62. The number of H-pyrrole nitrogens is 1. The van der Waals surface area contributed by atoms with E-state index in [9.17, 15) is 0 Å². The van der Waals surface area contributed by atoms with E-state index < -0.39 is 0 Å². The number of aromatic amines is 1. The molecule has 0 aliphatic heterocycles. The van der Waals surface area contributed by atoms with Gasteiger partial charge >= 0.3 is 0 Å². The lowest BCUT2D eigenvalue weighted by Crippen LogP contribution is -1.89. The van der Waals surface area contributed by atoms with Gasteiger partial charge in [0.05, 0.1) is 5.88 Å². The molecule has 0 amide bonds. The van der Waals surface area contributed by atoms with Crippen LogP contribution in [0.2, 0.25) is 0 Å². The Kier molecular flexibility index (Phi) is 1.86. The fraction of sp³-hybridized carbons (Fsp3) is 0.625. The molecule has 11 heavy (non-hydrogen) atoms. The number of nitrogens with zero attached hydrogens (tertiary/aromatic N) is 1. The van der Waals surface area contributed by atoms with Crippen LogP contribution in [0, 0.1) is 5.92 Å². The van der Waals surface area contributed by atoms with Crippen LogP contribution in [-0.4, -0.2) is 9.97 Å². The van der Waals surface area contributed by atoms with E-state index >= 15 is 0 Å². The molecule has 2 nitrogen and oxygen atoms in total. The maximum Gasteiger partial charge on any atom is 0.106 e. The highest BCUT2D eigenvalue weighted by Gasteiger charge is 2.22. The fourth-order valence-corrected chi connectivity index (χ4v) is 1.31. The third-order valence-electron chi connectivity index (χ3n) is 2.00. The molecule has 3 heteroatoms. The lowest BCUT2D eigenvalue weighted by atomic mass is 10.3. The molecule has 0 saturated heterocycles. The number of alkyl halides is 1. The van der Waals surface area contributed by atoms with Gasteiger partial charge < -0.3 is 4.98 Å². The number of rotatable bonds is 3. The van der Waals surface area contributed by atoms with Crippen molar-refractivity contribution in [1.82, 2.24) is 9.97 Å². The number of imidazole rings is 1. The molecule has 1 heterocycles. The average Bonchev–Trinajstić information content (AvgIpc) is 2.68. The van der Waals surface area contributed by atoms with Gasteiger partial charge in [0.1, 0.15) is 5.82 Å². The molecule has 0 radical (unpaired) electrons. The van der Waals surface area contributed by atoms with Crippen LogP contribution in [0.4, 0.5) is 0 Å². The van der Waals surface area contributed by atoms with E-state index in [1.54, 1.807) is 0 Å². The maximum atomic E-state index is 5.62. The summed E-state index contributed by atoms with van der Waals surface area (Å²) in [6.45, 7) is 0. The molecular formula is C8H11ClN2. The SMILES string of the molecule is ClCc1cnc(CC2CC2)[nH]1. The molecular weight excluding hydrogens is 160 g/mol. The van der Waals surface area contributed by atoms with Crippen LogP contribution in [-0.2, 0) is 12.3 Å². The van der Waals surface area contributed by atoms with Crippen LogP contribution in [0.25, 0.3) is 0 Å². The first kappa shape index (κ1) is 7.17. The molecule has 0 spiro atoms. The molecule has 1 aliphatic carbocycles. The number of nitrogens with one attached hydrogen (secondary N) is 1. The lowest BCUT2D eigenvalue weighted by Gasteiger charge is -1.90. The Morgan fingerprint density at radius 2 is 2.45 bits per heavy atom. The Morgan fingerprint density at radius 1 is 1.64 bits per heavy atom. The van der Waals surface area contributed by atoms with Crippen LogP contribution in [0.15, 0.2) is 6.20 Å². The first-order chi connectivity index (χ1) is 5.38. The molecule has 1 aliphatic rings. The summed E-state index contributed by atoms with van der Waals surface area (Å²) in [5.41, 5.74) is 1.03. The molecule has 1 N–H and O–H groups in total. The van der Waals surface area contributed by atoms with Gasteiger partial charge in [-0.15, -0.1) is 11.6 Å². The van der Waals surface area contributed by atoms with Crippen molar-refractivity contribution in [2.45, 2.75) is 25.1 Å². The first-order valence-electron chi connectivity index (χ1n) is 3.97. The summed E-state index contributed by atoms with van der Waals surface area (Å²) in [4.78, 5) is 7.42. The summed E-state index contributed by atoms with van der Waals surface area (Å²) in [6, 6.07) is 0. The predicted molar refractivity (Wildman–Crippen MR) is 44.6 cm³/mol. The van der Waals surface area contributed by atoms with E-state index in [0.29, 0.717) is 5.88 Å². The lowest BCUT2D eigenvalue weighted by molar-refractivity contribution is 0.782. The van der Waals surface area contributed by atoms with Crippen molar-refractivity contribution in [3.8, 4) is 0 Å². The number of hydrogen-bond donors (Lipinski definition) is 1. The molecule has 0 aromatic carbocycles. The minimum absolute atomic E-state index is 0.539. The van der Waals surface area contributed by atoms with Crippen molar-refractivity contribution in [3.63, 3.8) is 0 Å². The van der Waals surface area contributed by atoms with Crippen LogP contribution in [0.5, 0.6) is 0 Å². The summed E-state index contributed by atoms with van der Waals surface area (Å²) < 4.78 is 0.